The molecule has 1 aliphatic heterocycles. The lowest BCUT2D eigenvalue weighted by atomic mass is 9.94. The van der Waals surface area contributed by atoms with Crippen LogP contribution < -0.4 is 5.56 Å². The van der Waals surface area contributed by atoms with Gasteiger partial charge in [0.25, 0.3) is 5.56 Å². The number of hydrogen-bond acceptors (Lipinski definition) is 7. The molecule has 0 bridgehead atoms. The zero-order chi connectivity index (χ0) is 21.5. The Morgan fingerprint density at radius 1 is 1.40 bits per heavy atom. The zero-order valence-electron chi connectivity index (χ0n) is 17.5. The fourth-order valence-corrected chi connectivity index (χ4v) is 5.55. The van der Waals surface area contributed by atoms with Crippen molar-refractivity contribution in [1.82, 2.24) is 9.55 Å². The molecular formula is C22H24N2O4S2. The summed E-state index contributed by atoms with van der Waals surface area (Å²) in [6.45, 7) is 8.64. The Labute approximate surface area is 183 Å². The van der Waals surface area contributed by atoms with Gasteiger partial charge in [0, 0.05) is 11.3 Å². The molecule has 0 unspecified atom stereocenters. The molecule has 0 atom stereocenters. The molecule has 0 fully saturated rings. The lowest BCUT2D eigenvalue weighted by Crippen LogP contribution is -2.32. The van der Waals surface area contributed by atoms with E-state index in [1.807, 2.05) is 45.0 Å². The highest BCUT2D eigenvalue weighted by atomic mass is 32.2. The predicted molar refractivity (Wildman–Crippen MR) is 120 cm³/mol. The van der Waals surface area contributed by atoms with E-state index in [0.717, 1.165) is 21.7 Å². The number of rotatable bonds is 5. The van der Waals surface area contributed by atoms with Crippen LogP contribution in [0.3, 0.4) is 0 Å². The topological polar surface area (TPSA) is 70.4 Å². The summed E-state index contributed by atoms with van der Waals surface area (Å²) in [6.07, 6.45) is 0.669. The number of aromatic nitrogens is 2. The summed E-state index contributed by atoms with van der Waals surface area (Å²) >= 11 is 2.72. The van der Waals surface area contributed by atoms with Gasteiger partial charge in [-0.15, -0.1) is 11.3 Å². The average molecular weight is 445 g/mol. The number of thioether (sulfide) groups is 1. The summed E-state index contributed by atoms with van der Waals surface area (Å²) in [4.78, 5) is 32.2. The van der Waals surface area contributed by atoms with E-state index in [9.17, 15) is 9.59 Å². The van der Waals surface area contributed by atoms with Crippen LogP contribution in [0.25, 0.3) is 15.9 Å². The fourth-order valence-electron chi connectivity index (χ4n) is 3.59. The minimum atomic E-state index is -0.326. The molecule has 3 heterocycles. The Morgan fingerprint density at radius 3 is 2.93 bits per heavy atom. The van der Waals surface area contributed by atoms with Gasteiger partial charge in [0.15, 0.2) is 5.16 Å². The Morgan fingerprint density at radius 2 is 2.20 bits per heavy atom. The lowest BCUT2D eigenvalue weighted by molar-refractivity contribution is -0.139. The van der Waals surface area contributed by atoms with Crippen molar-refractivity contribution in [1.29, 1.82) is 0 Å². The molecule has 3 aromatic rings. The van der Waals surface area contributed by atoms with Crippen molar-refractivity contribution in [3.63, 3.8) is 0 Å². The summed E-state index contributed by atoms with van der Waals surface area (Å²) in [5.74, 6) is -0.230. The second-order valence-electron chi connectivity index (χ2n) is 7.88. The molecule has 0 aliphatic carbocycles. The summed E-state index contributed by atoms with van der Waals surface area (Å²) in [5, 5.41) is 1.15. The minimum absolute atomic E-state index is 0.0961. The fraction of sp³-hybridized carbons (Fsp3) is 0.409. The first-order valence-electron chi connectivity index (χ1n) is 9.86. The van der Waals surface area contributed by atoms with Crippen molar-refractivity contribution in [2.24, 2.45) is 0 Å². The van der Waals surface area contributed by atoms with Gasteiger partial charge in [-0.2, -0.15) is 0 Å². The normalized spacial score (nSPS) is 15.2. The van der Waals surface area contributed by atoms with Gasteiger partial charge in [0.2, 0.25) is 0 Å². The van der Waals surface area contributed by atoms with Crippen molar-refractivity contribution in [3.05, 3.63) is 50.6 Å². The molecule has 0 radical (unpaired) electrons. The van der Waals surface area contributed by atoms with Crippen LogP contribution in [-0.2, 0) is 27.3 Å². The van der Waals surface area contributed by atoms with E-state index >= 15 is 0 Å². The summed E-state index contributed by atoms with van der Waals surface area (Å²) in [6, 6.07) is 7.75. The lowest BCUT2D eigenvalue weighted by Gasteiger charge is -2.29. The third kappa shape index (κ3) is 4.04. The van der Waals surface area contributed by atoms with Gasteiger partial charge < -0.3 is 9.47 Å². The van der Waals surface area contributed by atoms with Crippen LogP contribution in [0.15, 0.2) is 34.2 Å². The molecule has 158 valence electrons. The van der Waals surface area contributed by atoms with Crippen molar-refractivity contribution in [2.75, 3.05) is 12.4 Å². The molecule has 2 aromatic heterocycles. The van der Waals surface area contributed by atoms with E-state index in [1.165, 1.54) is 23.1 Å². The molecule has 0 amide bonds. The number of carbonyl (C=O) groups is 1. The molecule has 0 spiro atoms. The highest BCUT2D eigenvalue weighted by molar-refractivity contribution is 7.99. The molecule has 6 nitrogen and oxygen atoms in total. The second kappa shape index (κ2) is 8.17. The molecule has 0 N–H and O–H groups in total. The minimum Gasteiger partial charge on any atom is -0.465 e. The first-order chi connectivity index (χ1) is 14.3. The number of nitrogens with zero attached hydrogens (tertiary/aromatic N) is 2. The number of aryl methyl sites for hydroxylation is 1. The van der Waals surface area contributed by atoms with Crippen molar-refractivity contribution in [3.8, 4) is 5.69 Å². The quantitative estimate of drug-likeness (QED) is 0.333. The van der Waals surface area contributed by atoms with E-state index in [2.05, 4.69) is 0 Å². The highest BCUT2D eigenvalue weighted by Crippen LogP contribution is 2.37. The van der Waals surface area contributed by atoms with Gasteiger partial charge in [0.05, 0.1) is 35.6 Å². The SMILES string of the molecule is CCOC(=O)CSc1nc2sc3c(c2c(=O)n1-c1cccc(C)c1)CC(C)(C)OC3. The van der Waals surface area contributed by atoms with E-state index in [0.29, 0.717) is 35.0 Å². The molecule has 0 saturated carbocycles. The Bertz CT molecular complexity index is 1180. The summed E-state index contributed by atoms with van der Waals surface area (Å²) < 4.78 is 12.6. The maximum absolute atomic E-state index is 13.7. The van der Waals surface area contributed by atoms with Crippen LogP contribution in [0.4, 0.5) is 0 Å². The van der Waals surface area contributed by atoms with Gasteiger partial charge in [-0.1, -0.05) is 23.9 Å². The smallest absolute Gasteiger partial charge is 0.316 e. The van der Waals surface area contributed by atoms with Gasteiger partial charge in [-0.25, -0.2) is 4.98 Å². The van der Waals surface area contributed by atoms with Gasteiger partial charge in [0.1, 0.15) is 4.83 Å². The van der Waals surface area contributed by atoms with Gasteiger partial charge in [-0.3, -0.25) is 14.2 Å². The van der Waals surface area contributed by atoms with E-state index in [1.54, 1.807) is 11.5 Å². The summed E-state index contributed by atoms with van der Waals surface area (Å²) in [5.41, 5.74) is 2.40. The second-order valence-corrected chi connectivity index (χ2v) is 9.90. The van der Waals surface area contributed by atoms with Crippen LogP contribution in [0.5, 0.6) is 0 Å². The third-order valence-electron chi connectivity index (χ3n) is 4.96. The van der Waals surface area contributed by atoms with Crippen molar-refractivity contribution >= 4 is 39.3 Å². The number of ether oxygens (including phenoxy) is 2. The van der Waals surface area contributed by atoms with Crippen LogP contribution in [-0.4, -0.2) is 33.5 Å². The van der Waals surface area contributed by atoms with Crippen LogP contribution >= 0.6 is 23.1 Å². The maximum atomic E-state index is 13.7. The van der Waals surface area contributed by atoms with Crippen molar-refractivity contribution in [2.45, 2.75) is 51.5 Å². The molecular weight excluding hydrogens is 420 g/mol. The van der Waals surface area contributed by atoms with Crippen LogP contribution in [0, 0.1) is 6.92 Å². The zero-order valence-corrected chi connectivity index (χ0v) is 19.1. The number of thiophene rings is 1. The molecule has 4 rings (SSSR count). The van der Waals surface area contributed by atoms with Crippen LogP contribution in [0.1, 0.15) is 36.8 Å². The molecule has 1 aliphatic rings. The Balaban J connectivity index is 1.90. The maximum Gasteiger partial charge on any atom is 0.316 e. The molecule has 0 saturated heterocycles. The first-order valence-corrected chi connectivity index (χ1v) is 11.7. The summed E-state index contributed by atoms with van der Waals surface area (Å²) in [7, 11) is 0. The molecule has 8 heteroatoms. The van der Waals surface area contributed by atoms with Gasteiger partial charge in [-0.05, 0) is 51.0 Å². The average Bonchev–Trinajstić information content (AvgIpc) is 3.03. The number of hydrogen-bond donors (Lipinski definition) is 0. The van der Waals surface area contributed by atoms with Gasteiger partial charge >= 0.3 is 5.97 Å². The molecule has 1 aromatic carbocycles. The van der Waals surface area contributed by atoms with Crippen molar-refractivity contribution < 1.29 is 14.3 Å². The number of benzene rings is 1. The largest absolute Gasteiger partial charge is 0.465 e. The number of esters is 1. The third-order valence-corrected chi connectivity index (χ3v) is 6.97. The first kappa shape index (κ1) is 21.1. The number of fused-ring (bicyclic) bond motifs is 3. The highest BCUT2D eigenvalue weighted by Gasteiger charge is 2.31. The van der Waals surface area contributed by atoms with Crippen LogP contribution in [0.2, 0.25) is 0 Å². The Kier molecular flexibility index (Phi) is 5.74. The number of carbonyl (C=O) groups excluding carboxylic acids is 1. The van der Waals surface area contributed by atoms with E-state index in [4.69, 9.17) is 14.5 Å². The monoisotopic (exact) mass is 444 g/mol. The standard InChI is InChI=1S/C22H24N2O4S2/c1-5-27-17(25)12-29-21-23-19-18(15-10-22(3,4)28-11-16(15)30-19)20(26)24(21)14-8-6-7-13(2)9-14/h6-9H,5,10-12H2,1-4H3. The van der Waals surface area contributed by atoms with E-state index < -0.39 is 0 Å². The Hall–Kier alpha value is -2.16. The van der Waals surface area contributed by atoms with E-state index in [-0.39, 0.29) is 22.9 Å². The molecule has 30 heavy (non-hydrogen) atoms. The predicted octanol–water partition coefficient (Wildman–Crippen LogP) is 4.26.